The molecule has 1 aromatic carbocycles. The number of hydrogen-bond acceptors (Lipinski definition) is 3. The Hall–Kier alpha value is -1.26. The summed E-state index contributed by atoms with van der Waals surface area (Å²) in [5.41, 5.74) is 0.742. The molecule has 0 radical (unpaired) electrons. The van der Waals surface area contributed by atoms with E-state index in [2.05, 4.69) is 4.37 Å². The van der Waals surface area contributed by atoms with Gasteiger partial charge in [-0.05, 0) is 55.7 Å². The first-order valence-electron chi connectivity index (χ1n) is 4.92. The van der Waals surface area contributed by atoms with Crippen LogP contribution in [0.25, 0.3) is 11.3 Å². The molecule has 0 fully saturated rings. The van der Waals surface area contributed by atoms with Gasteiger partial charge in [0.05, 0.1) is 16.2 Å². The second-order valence-corrected chi connectivity index (χ2v) is 4.95. The molecule has 2 rings (SSSR count). The Morgan fingerprint density at radius 3 is 2.38 bits per heavy atom. The van der Waals surface area contributed by atoms with E-state index < -0.39 is 5.60 Å². The third kappa shape index (κ3) is 2.28. The normalized spacial score (nSPS) is 11.8. The lowest BCUT2D eigenvalue weighted by Crippen LogP contribution is -2.12. The van der Waals surface area contributed by atoms with Crippen LogP contribution in [0.4, 0.5) is 4.39 Å². The maximum absolute atomic E-state index is 12.7. The number of hydrogen-bond donors (Lipinski definition) is 1. The SMILES string of the molecule is CC(C)(O)c1cc(-c2ccc(F)cc2)ns1. The molecule has 2 aromatic rings. The van der Waals surface area contributed by atoms with E-state index in [0.717, 1.165) is 16.1 Å². The number of aliphatic hydroxyl groups is 1. The molecule has 0 amide bonds. The maximum atomic E-state index is 12.7. The Morgan fingerprint density at radius 2 is 1.88 bits per heavy atom. The first kappa shape index (κ1) is 11.2. The lowest BCUT2D eigenvalue weighted by molar-refractivity contribution is 0.0826. The third-order valence-electron chi connectivity index (χ3n) is 2.25. The second kappa shape index (κ2) is 3.96. The third-order valence-corrected chi connectivity index (χ3v) is 3.36. The second-order valence-electron chi connectivity index (χ2n) is 4.14. The van der Waals surface area contributed by atoms with Crippen molar-refractivity contribution in [3.8, 4) is 11.3 Å². The average molecular weight is 237 g/mol. The van der Waals surface area contributed by atoms with Crippen LogP contribution in [0.3, 0.4) is 0 Å². The Bertz CT molecular complexity index is 484. The Labute approximate surface area is 97.5 Å². The fourth-order valence-electron chi connectivity index (χ4n) is 1.32. The van der Waals surface area contributed by atoms with Gasteiger partial charge in [-0.15, -0.1) is 0 Å². The van der Waals surface area contributed by atoms with E-state index >= 15 is 0 Å². The van der Waals surface area contributed by atoms with Gasteiger partial charge in [0.1, 0.15) is 5.82 Å². The van der Waals surface area contributed by atoms with Crippen LogP contribution in [0.2, 0.25) is 0 Å². The summed E-state index contributed by atoms with van der Waals surface area (Å²) in [7, 11) is 0. The van der Waals surface area contributed by atoms with Gasteiger partial charge in [-0.1, -0.05) is 0 Å². The van der Waals surface area contributed by atoms with E-state index in [-0.39, 0.29) is 5.82 Å². The van der Waals surface area contributed by atoms with Gasteiger partial charge in [-0.2, -0.15) is 4.37 Å². The number of aromatic nitrogens is 1. The lowest BCUT2D eigenvalue weighted by atomic mass is 10.1. The van der Waals surface area contributed by atoms with Crippen molar-refractivity contribution in [1.29, 1.82) is 0 Å². The molecule has 0 saturated carbocycles. The summed E-state index contributed by atoms with van der Waals surface area (Å²) < 4.78 is 17.0. The number of halogens is 1. The highest BCUT2D eigenvalue weighted by Crippen LogP contribution is 2.29. The highest BCUT2D eigenvalue weighted by Gasteiger charge is 2.19. The zero-order valence-electron chi connectivity index (χ0n) is 9.07. The minimum absolute atomic E-state index is 0.262. The highest BCUT2D eigenvalue weighted by atomic mass is 32.1. The molecule has 1 N–H and O–H groups in total. The maximum Gasteiger partial charge on any atom is 0.123 e. The van der Waals surface area contributed by atoms with Crippen LogP contribution in [-0.4, -0.2) is 9.48 Å². The minimum Gasteiger partial charge on any atom is -0.385 e. The summed E-state index contributed by atoms with van der Waals surface area (Å²) in [6, 6.07) is 7.99. The molecule has 0 aliphatic carbocycles. The Morgan fingerprint density at radius 1 is 1.25 bits per heavy atom. The molecule has 0 spiro atoms. The van der Waals surface area contributed by atoms with Crippen LogP contribution in [0, 0.1) is 5.82 Å². The molecule has 1 heterocycles. The molecular weight excluding hydrogens is 225 g/mol. The van der Waals surface area contributed by atoms with Gasteiger partial charge in [0, 0.05) is 5.56 Å². The van der Waals surface area contributed by atoms with Gasteiger partial charge in [0.15, 0.2) is 0 Å². The van der Waals surface area contributed by atoms with Gasteiger partial charge >= 0.3 is 0 Å². The quantitative estimate of drug-likeness (QED) is 0.870. The van der Waals surface area contributed by atoms with E-state index in [1.165, 1.54) is 23.7 Å². The van der Waals surface area contributed by atoms with E-state index in [4.69, 9.17) is 0 Å². The smallest absolute Gasteiger partial charge is 0.123 e. The Balaban J connectivity index is 2.35. The van der Waals surface area contributed by atoms with Gasteiger partial charge < -0.3 is 5.11 Å². The highest BCUT2D eigenvalue weighted by molar-refractivity contribution is 7.06. The first-order chi connectivity index (χ1) is 7.47. The molecule has 2 nitrogen and oxygen atoms in total. The molecular formula is C12H12FNOS. The van der Waals surface area contributed by atoms with Crippen molar-refractivity contribution in [1.82, 2.24) is 4.37 Å². The molecule has 0 bridgehead atoms. The number of benzene rings is 1. The number of nitrogens with zero attached hydrogens (tertiary/aromatic N) is 1. The molecule has 84 valence electrons. The predicted octanol–water partition coefficient (Wildman–Crippen LogP) is 3.18. The van der Waals surface area contributed by atoms with E-state index in [9.17, 15) is 9.50 Å². The average Bonchev–Trinajstić information content (AvgIpc) is 2.67. The summed E-state index contributed by atoms with van der Waals surface area (Å²) in [6.45, 7) is 3.43. The van der Waals surface area contributed by atoms with Crippen LogP contribution in [0.5, 0.6) is 0 Å². The molecule has 1 aromatic heterocycles. The van der Waals surface area contributed by atoms with Crippen molar-refractivity contribution >= 4 is 11.5 Å². The molecule has 16 heavy (non-hydrogen) atoms. The first-order valence-corrected chi connectivity index (χ1v) is 5.70. The summed E-state index contributed by atoms with van der Waals surface area (Å²) in [4.78, 5) is 0.798. The summed E-state index contributed by atoms with van der Waals surface area (Å²) in [5, 5.41) is 9.80. The van der Waals surface area contributed by atoms with Gasteiger partial charge in [0.2, 0.25) is 0 Å². The van der Waals surface area contributed by atoms with Gasteiger partial charge in [-0.3, -0.25) is 0 Å². The zero-order valence-corrected chi connectivity index (χ0v) is 9.88. The monoisotopic (exact) mass is 237 g/mol. The predicted molar refractivity (Wildman–Crippen MR) is 62.8 cm³/mol. The molecule has 4 heteroatoms. The van der Waals surface area contributed by atoms with Gasteiger partial charge in [-0.25, -0.2) is 4.39 Å². The van der Waals surface area contributed by atoms with Crippen molar-refractivity contribution < 1.29 is 9.50 Å². The van der Waals surface area contributed by atoms with Crippen LogP contribution in [-0.2, 0) is 5.60 Å². The van der Waals surface area contributed by atoms with Crippen molar-refractivity contribution in [2.75, 3.05) is 0 Å². The summed E-state index contributed by atoms with van der Waals surface area (Å²) in [5.74, 6) is -0.262. The zero-order chi connectivity index (χ0) is 11.8. The minimum atomic E-state index is -0.879. The Kier molecular flexibility index (Phi) is 2.78. The molecule has 0 atom stereocenters. The van der Waals surface area contributed by atoms with Crippen molar-refractivity contribution in [3.63, 3.8) is 0 Å². The van der Waals surface area contributed by atoms with E-state index in [1.807, 2.05) is 6.07 Å². The summed E-state index contributed by atoms with van der Waals surface area (Å²) >= 11 is 1.26. The standard InChI is InChI=1S/C12H12FNOS/c1-12(2,15)11-7-10(14-16-11)8-3-5-9(13)6-4-8/h3-7,15H,1-2H3. The van der Waals surface area contributed by atoms with Crippen molar-refractivity contribution in [2.24, 2.45) is 0 Å². The fourth-order valence-corrected chi connectivity index (χ4v) is 2.06. The molecule has 0 aliphatic heterocycles. The topological polar surface area (TPSA) is 33.1 Å². The molecule has 0 aliphatic rings. The van der Waals surface area contributed by atoms with Crippen LogP contribution >= 0.6 is 11.5 Å². The fraction of sp³-hybridized carbons (Fsp3) is 0.250. The summed E-state index contributed by atoms with van der Waals surface area (Å²) in [6.07, 6.45) is 0. The molecule has 0 unspecified atom stereocenters. The van der Waals surface area contributed by atoms with Crippen LogP contribution in [0.15, 0.2) is 30.3 Å². The number of rotatable bonds is 2. The van der Waals surface area contributed by atoms with Crippen LogP contribution in [0.1, 0.15) is 18.7 Å². The van der Waals surface area contributed by atoms with Crippen LogP contribution < -0.4 is 0 Å². The van der Waals surface area contributed by atoms with E-state index in [1.54, 1.807) is 26.0 Å². The van der Waals surface area contributed by atoms with Crippen molar-refractivity contribution in [2.45, 2.75) is 19.4 Å². The lowest BCUT2D eigenvalue weighted by Gasteiger charge is -2.12. The van der Waals surface area contributed by atoms with Crippen molar-refractivity contribution in [3.05, 3.63) is 41.0 Å². The van der Waals surface area contributed by atoms with Gasteiger partial charge in [0.25, 0.3) is 0 Å². The van der Waals surface area contributed by atoms with E-state index in [0.29, 0.717) is 0 Å². The largest absolute Gasteiger partial charge is 0.385 e. The molecule has 0 saturated heterocycles.